The van der Waals surface area contributed by atoms with Crippen molar-refractivity contribution in [1.82, 2.24) is 14.9 Å². The van der Waals surface area contributed by atoms with Gasteiger partial charge < -0.3 is 29.9 Å². The molecule has 1 aromatic heterocycles. The number of amides is 5. The smallest absolute Gasteiger partial charge is 0.870 e. The van der Waals surface area contributed by atoms with Crippen LogP contribution in [0.3, 0.4) is 0 Å². The van der Waals surface area contributed by atoms with Crippen LogP contribution in [0.15, 0.2) is 112 Å². The predicted molar refractivity (Wildman–Crippen MR) is 177 cm³/mol. The molecule has 0 unspecified atom stereocenters. The van der Waals surface area contributed by atoms with Crippen LogP contribution in [0.4, 0.5) is 16.2 Å². The average molecular weight is 702 g/mol. The molecule has 5 N–H and O–H groups in total. The Morgan fingerprint density at radius 3 is 2.22 bits per heavy atom. The monoisotopic (exact) mass is 701 g/mol. The van der Waals surface area contributed by atoms with Crippen LogP contribution in [0.2, 0.25) is 0 Å². The van der Waals surface area contributed by atoms with E-state index in [2.05, 4.69) is 26.7 Å². The number of urea groups is 1. The van der Waals surface area contributed by atoms with Gasteiger partial charge in [0.15, 0.2) is 11.3 Å². The summed E-state index contributed by atoms with van der Waals surface area (Å²) < 4.78 is 0.914. The van der Waals surface area contributed by atoms with E-state index in [9.17, 15) is 28.8 Å². The van der Waals surface area contributed by atoms with Crippen LogP contribution in [0, 0.1) is 11.6 Å². The summed E-state index contributed by atoms with van der Waals surface area (Å²) in [5.41, 5.74) is 0.251. The first-order valence-corrected chi connectivity index (χ1v) is 14.1. The van der Waals surface area contributed by atoms with Crippen LogP contribution in [-0.4, -0.2) is 45.2 Å². The van der Waals surface area contributed by atoms with Gasteiger partial charge >= 0.3 is 57.4 Å². The van der Waals surface area contributed by atoms with Crippen molar-refractivity contribution in [3.63, 3.8) is 0 Å². The summed E-state index contributed by atoms with van der Waals surface area (Å²) in [6.07, 6.45) is 8.85. The van der Waals surface area contributed by atoms with Gasteiger partial charge in [-0.3, -0.25) is 34.9 Å². The van der Waals surface area contributed by atoms with E-state index in [0.717, 1.165) is 9.47 Å². The van der Waals surface area contributed by atoms with Crippen molar-refractivity contribution in [2.24, 2.45) is 0 Å². The van der Waals surface area contributed by atoms with Crippen molar-refractivity contribution in [1.29, 1.82) is 5.41 Å². The molecule has 1 saturated heterocycles. The van der Waals surface area contributed by atoms with Crippen molar-refractivity contribution in [2.75, 3.05) is 10.2 Å². The number of aromatic nitrogens is 2. The van der Waals surface area contributed by atoms with E-state index >= 15 is 0 Å². The molecule has 15 nitrogen and oxygen atoms in total. The fourth-order valence-corrected chi connectivity index (χ4v) is 4.55. The first kappa shape index (κ1) is 38.9. The fourth-order valence-electron chi connectivity index (χ4n) is 4.55. The molecule has 1 fully saturated rings. The van der Waals surface area contributed by atoms with Gasteiger partial charge in [-0.1, -0.05) is 54.2 Å². The molecule has 4 aromatic rings. The Kier molecular flexibility index (Phi) is 13.8. The van der Waals surface area contributed by atoms with E-state index in [0.29, 0.717) is 23.2 Å². The topological polar surface area (TPSA) is 223 Å². The molecule has 1 aliphatic heterocycles. The number of rotatable bonds is 10. The van der Waals surface area contributed by atoms with E-state index in [1.807, 2.05) is 0 Å². The summed E-state index contributed by atoms with van der Waals surface area (Å²) in [7, 11) is 0. The molecule has 5 amide bonds. The number of barbiturate groups is 1. The maximum Gasteiger partial charge on any atom is 1.00 e. The largest absolute Gasteiger partial charge is 1.00 e. The van der Waals surface area contributed by atoms with Gasteiger partial charge in [0, 0.05) is 18.3 Å². The van der Waals surface area contributed by atoms with Gasteiger partial charge in [-0.15, -0.1) is 6.08 Å². The molecule has 0 bridgehead atoms. The fraction of sp³-hybridized carbons (Fsp3) is 0.0294. The van der Waals surface area contributed by atoms with E-state index in [-0.39, 0.29) is 91.0 Å². The zero-order chi connectivity index (χ0) is 34.2. The second-order valence-corrected chi connectivity index (χ2v) is 9.93. The summed E-state index contributed by atoms with van der Waals surface area (Å²) in [6, 6.07) is 19.6. The third-order valence-electron chi connectivity index (χ3n) is 6.74. The number of H-pyrrole nitrogens is 1. The van der Waals surface area contributed by atoms with E-state index in [4.69, 9.17) is 10.3 Å². The molecule has 50 heavy (non-hydrogen) atoms. The Bertz CT molecular complexity index is 2120. The van der Waals surface area contributed by atoms with Gasteiger partial charge in [-0.05, 0) is 65.7 Å². The number of hydrogen-bond acceptors (Lipinski definition) is 10. The molecular formula is C34H26KN6O9-. The molecule has 0 spiro atoms. The van der Waals surface area contributed by atoms with Gasteiger partial charge in [0.1, 0.15) is 5.57 Å². The van der Waals surface area contributed by atoms with Crippen molar-refractivity contribution in [3.8, 4) is 11.4 Å². The third kappa shape index (κ3) is 9.14. The molecule has 248 valence electrons. The first-order chi connectivity index (χ1) is 23.2. The number of benzene rings is 3. The Balaban J connectivity index is 0.00000338. The number of allylic oxidation sites excluding steroid dienone is 4. The summed E-state index contributed by atoms with van der Waals surface area (Å²) in [6.45, 7) is 1.36. The minimum Gasteiger partial charge on any atom is -0.870 e. The van der Waals surface area contributed by atoms with Crippen LogP contribution < -0.4 is 83.1 Å². The number of carbonyl (C=O) groups is 4. The number of hydrogen-bond donors (Lipinski definition) is 4. The number of imide groups is 2. The standard InChI is InChI=1S/C34H25N6O8.K.H2O/c1-21(41)37-25-10-12-26(13-11-25)39-31(43)24(19-36-33(39)45)8-7-23(22-5-3-2-4-6-22)9-18-29-30(42)38-34(46)40(32(29)44)27-14-16-28(17-15-27)48-47-20-35;;/h2-18,20,35H,1H3,(H,36,45)(H,37,41)(H,38,42,46);;1H2/q-1;+1;/p-1. The normalized spacial score (nSPS) is 13.6. The van der Waals surface area contributed by atoms with Crippen molar-refractivity contribution >= 4 is 53.2 Å². The maximum atomic E-state index is 13.4. The minimum atomic E-state index is -0.951. The number of nitrogens with one attached hydrogen (secondary N) is 4. The summed E-state index contributed by atoms with van der Waals surface area (Å²) in [4.78, 5) is 88.6. The van der Waals surface area contributed by atoms with Gasteiger partial charge in [0.2, 0.25) is 18.0 Å². The average Bonchev–Trinajstić information content (AvgIpc) is 3.07. The van der Waals surface area contributed by atoms with Crippen molar-refractivity contribution in [3.05, 3.63) is 141 Å². The Morgan fingerprint density at radius 1 is 0.920 bits per heavy atom. The van der Waals surface area contributed by atoms with Crippen LogP contribution in [0.25, 0.3) is 17.3 Å². The molecule has 3 aromatic carbocycles. The molecule has 2 heterocycles. The molecule has 0 saturated carbocycles. The number of anilines is 2. The van der Waals surface area contributed by atoms with Crippen LogP contribution in [-0.2, 0) is 19.3 Å². The van der Waals surface area contributed by atoms with Crippen LogP contribution >= 0.6 is 0 Å². The zero-order valence-corrected chi connectivity index (χ0v) is 29.6. The van der Waals surface area contributed by atoms with E-state index in [1.54, 1.807) is 48.5 Å². The minimum absolute atomic E-state index is 0. The second-order valence-electron chi connectivity index (χ2n) is 9.93. The zero-order valence-electron chi connectivity index (χ0n) is 26.5. The van der Waals surface area contributed by atoms with Crippen molar-refractivity contribution in [2.45, 2.75) is 6.92 Å². The van der Waals surface area contributed by atoms with Gasteiger partial charge in [0.05, 0.1) is 5.69 Å². The summed E-state index contributed by atoms with van der Waals surface area (Å²) >= 11 is 0. The Morgan fingerprint density at radius 2 is 1.58 bits per heavy atom. The van der Waals surface area contributed by atoms with Gasteiger partial charge in [0.25, 0.3) is 11.8 Å². The number of carbonyl (C=O) groups excluding carboxylic acids is 4. The molecule has 0 atom stereocenters. The Hall–Kier alpha value is -5.49. The SMILES string of the molecule is CC(=O)Nc1ccc(-n2c(=O)[nH][c-]c(C=CC(=CC=C3C(=O)NC(=O)N(c4ccc(OOC=N)cc4)C3=O)c3ccccc3)c2=O)cc1.[K+].[OH-]. The summed E-state index contributed by atoms with van der Waals surface area (Å²) in [5.74, 6) is -1.87. The number of aromatic amines is 1. The predicted octanol–water partition coefficient (Wildman–Crippen LogP) is 0.335. The van der Waals surface area contributed by atoms with Crippen LogP contribution in [0.1, 0.15) is 18.1 Å². The van der Waals surface area contributed by atoms with Gasteiger partial charge in [-0.2, -0.15) is 0 Å². The Labute approximate surface area is 326 Å². The molecule has 0 radical (unpaired) electrons. The van der Waals surface area contributed by atoms with Crippen LogP contribution in [0.5, 0.6) is 5.75 Å². The van der Waals surface area contributed by atoms with E-state index < -0.39 is 29.1 Å². The quantitative estimate of drug-likeness (QED) is 0.0206. The maximum absolute atomic E-state index is 13.4. The second kappa shape index (κ2) is 17.8. The third-order valence-corrected chi connectivity index (χ3v) is 6.74. The van der Waals surface area contributed by atoms with Crippen molar-refractivity contribution < 1.29 is 85.8 Å². The first-order valence-electron chi connectivity index (χ1n) is 14.1. The molecule has 0 aliphatic carbocycles. The molecular weight excluding hydrogens is 676 g/mol. The molecule has 1 aliphatic rings. The molecule has 5 rings (SSSR count). The van der Waals surface area contributed by atoms with E-state index in [1.165, 1.54) is 61.5 Å². The molecule has 16 heteroatoms. The number of nitrogens with zero attached hydrogens (tertiary/aromatic N) is 2. The van der Waals surface area contributed by atoms with Gasteiger partial charge in [-0.25, -0.2) is 9.69 Å². The summed E-state index contributed by atoms with van der Waals surface area (Å²) in [5, 5.41) is 11.6.